The SMILES string of the molecule is CC(NC(=O)c1cc(NCc2ccc(F)cc2)ncn1)c1ccccc1. The first-order valence-corrected chi connectivity index (χ1v) is 8.28. The number of benzene rings is 2. The molecule has 0 radical (unpaired) electrons. The van der Waals surface area contributed by atoms with E-state index >= 15 is 0 Å². The second-order valence-electron chi connectivity index (χ2n) is 5.87. The summed E-state index contributed by atoms with van der Waals surface area (Å²) in [6, 6.07) is 17.4. The van der Waals surface area contributed by atoms with Crippen molar-refractivity contribution in [3.8, 4) is 0 Å². The molecule has 0 aliphatic rings. The van der Waals surface area contributed by atoms with Gasteiger partial charge in [0.15, 0.2) is 0 Å². The Balaban J connectivity index is 1.62. The fraction of sp³-hybridized carbons (Fsp3) is 0.150. The number of carbonyl (C=O) groups is 1. The van der Waals surface area contributed by atoms with Crippen molar-refractivity contribution in [1.82, 2.24) is 15.3 Å². The van der Waals surface area contributed by atoms with Crippen LogP contribution in [-0.4, -0.2) is 15.9 Å². The summed E-state index contributed by atoms with van der Waals surface area (Å²) in [4.78, 5) is 20.6. The summed E-state index contributed by atoms with van der Waals surface area (Å²) in [6.07, 6.45) is 1.34. The van der Waals surface area contributed by atoms with Gasteiger partial charge in [-0.1, -0.05) is 42.5 Å². The lowest BCUT2D eigenvalue weighted by Gasteiger charge is -2.14. The molecule has 2 aromatic carbocycles. The normalized spacial score (nSPS) is 11.6. The van der Waals surface area contributed by atoms with Crippen molar-refractivity contribution in [2.24, 2.45) is 0 Å². The van der Waals surface area contributed by atoms with Crippen LogP contribution in [-0.2, 0) is 6.54 Å². The molecular weight excluding hydrogens is 331 g/mol. The Morgan fingerprint density at radius 1 is 1.08 bits per heavy atom. The lowest BCUT2D eigenvalue weighted by molar-refractivity contribution is 0.0934. The Kier molecular flexibility index (Phi) is 5.53. The minimum Gasteiger partial charge on any atom is -0.366 e. The summed E-state index contributed by atoms with van der Waals surface area (Å²) in [7, 11) is 0. The molecule has 1 amide bonds. The lowest BCUT2D eigenvalue weighted by Crippen LogP contribution is -2.27. The average Bonchev–Trinajstić information content (AvgIpc) is 2.68. The minimum atomic E-state index is -0.276. The number of amides is 1. The van der Waals surface area contributed by atoms with Crippen LogP contribution < -0.4 is 10.6 Å². The summed E-state index contributed by atoms with van der Waals surface area (Å²) in [5.74, 6) is -0.0160. The van der Waals surface area contributed by atoms with Gasteiger partial charge in [0.25, 0.3) is 5.91 Å². The molecule has 5 nitrogen and oxygen atoms in total. The van der Waals surface area contributed by atoms with Gasteiger partial charge in [-0.15, -0.1) is 0 Å². The predicted octanol–water partition coefficient (Wildman–Crippen LogP) is 3.72. The molecule has 6 heteroatoms. The number of nitrogens with zero attached hydrogens (tertiary/aromatic N) is 2. The first-order chi connectivity index (χ1) is 12.6. The highest BCUT2D eigenvalue weighted by molar-refractivity contribution is 5.93. The Hall–Kier alpha value is -3.28. The Morgan fingerprint density at radius 3 is 2.54 bits per heavy atom. The number of anilines is 1. The van der Waals surface area contributed by atoms with E-state index in [1.165, 1.54) is 18.5 Å². The van der Waals surface area contributed by atoms with Crippen molar-refractivity contribution >= 4 is 11.7 Å². The number of rotatable bonds is 6. The quantitative estimate of drug-likeness (QED) is 0.711. The van der Waals surface area contributed by atoms with Crippen LogP contribution >= 0.6 is 0 Å². The maximum absolute atomic E-state index is 12.9. The zero-order chi connectivity index (χ0) is 18.4. The van der Waals surface area contributed by atoms with E-state index in [9.17, 15) is 9.18 Å². The number of halogens is 1. The molecule has 0 aliphatic carbocycles. The third-order valence-electron chi connectivity index (χ3n) is 3.93. The maximum atomic E-state index is 12.9. The van der Waals surface area contributed by atoms with Crippen LogP contribution in [0, 0.1) is 5.82 Å². The van der Waals surface area contributed by atoms with Crippen molar-refractivity contribution < 1.29 is 9.18 Å². The molecule has 0 saturated carbocycles. The molecular formula is C20H19FN4O. The maximum Gasteiger partial charge on any atom is 0.270 e. The number of carbonyl (C=O) groups excluding carboxylic acids is 1. The van der Waals surface area contributed by atoms with Crippen LogP contribution in [0.3, 0.4) is 0 Å². The molecule has 1 atom stereocenters. The molecule has 0 aliphatic heterocycles. The van der Waals surface area contributed by atoms with Crippen LogP contribution in [0.2, 0.25) is 0 Å². The van der Waals surface area contributed by atoms with Gasteiger partial charge in [-0.05, 0) is 30.2 Å². The topological polar surface area (TPSA) is 66.9 Å². The Bertz CT molecular complexity index is 868. The summed E-state index contributed by atoms with van der Waals surface area (Å²) in [5, 5.41) is 6.03. The first-order valence-electron chi connectivity index (χ1n) is 8.28. The molecule has 0 bridgehead atoms. The molecule has 1 unspecified atom stereocenters. The number of hydrogen-bond acceptors (Lipinski definition) is 4. The van der Waals surface area contributed by atoms with Crippen molar-refractivity contribution in [2.45, 2.75) is 19.5 Å². The monoisotopic (exact) mass is 350 g/mol. The van der Waals surface area contributed by atoms with Crippen LogP contribution in [0.4, 0.5) is 10.2 Å². The summed E-state index contributed by atoms with van der Waals surface area (Å²) >= 11 is 0. The highest BCUT2D eigenvalue weighted by Gasteiger charge is 2.13. The molecule has 3 rings (SSSR count). The van der Waals surface area contributed by atoms with Crippen LogP contribution in [0.1, 0.15) is 34.6 Å². The Labute approximate surface area is 151 Å². The second kappa shape index (κ2) is 8.20. The van der Waals surface area contributed by atoms with Crippen molar-refractivity contribution in [2.75, 3.05) is 5.32 Å². The van der Waals surface area contributed by atoms with E-state index < -0.39 is 0 Å². The molecule has 0 saturated heterocycles. The van der Waals surface area contributed by atoms with Gasteiger partial charge >= 0.3 is 0 Å². The molecule has 132 valence electrons. The minimum absolute atomic E-state index is 0.130. The summed E-state index contributed by atoms with van der Waals surface area (Å²) in [6.45, 7) is 2.39. The summed E-state index contributed by atoms with van der Waals surface area (Å²) < 4.78 is 12.9. The largest absolute Gasteiger partial charge is 0.366 e. The van der Waals surface area contributed by atoms with Gasteiger partial charge < -0.3 is 10.6 Å². The average molecular weight is 350 g/mol. The van der Waals surface area contributed by atoms with E-state index in [4.69, 9.17) is 0 Å². The van der Waals surface area contributed by atoms with Crippen molar-refractivity contribution in [3.63, 3.8) is 0 Å². The lowest BCUT2D eigenvalue weighted by atomic mass is 10.1. The third-order valence-corrected chi connectivity index (χ3v) is 3.93. The van der Waals surface area contributed by atoms with E-state index in [0.29, 0.717) is 12.4 Å². The zero-order valence-corrected chi connectivity index (χ0v) is 14.3. The second-order valence-corrected chi connectivity index (χ2v) is 5.87. The van der Waals surface area contributed by atoms with Crippen LogP contribution in [0.25, 0.3) is 0 Å². The first kappa shape index (κ1) is 17.5. The number of aromatic nitrogens is 2. The molecule has 26 heavy (non-hydrogen) atoms. The fourth-order valence-corrected chi connectivity index (χ4v) is 2.47. The molecule has 0 spiro atoms. The molecule has 3 aromatic rings. The van der Waals surface area contributed by atoms with Gasteiger partial charge in [-0.2, -0.15) is 0 Å². The highest BCUT2D eigenvalue weighted by Crippen LogP contribution is 2.13. The van der Waals surface area contributed by atoms with E-state index in [0.717, 1.165) is 11.1 Å². The standard InChI is InChI=1S/C20H19FN4O/c1-14(16-5-3-2-4-6-16)25-20(26)18-11-19(24-13-23-18)22-12-15-7-9-17(21)10-8-15/h2-11,13-14H,12H2,1H3,(H,25,26)(H,22,23,24). The van der Waals surface area contributed by atoms with E-state index in [-0.39, 0.29) is 23.5 Å². The van der Waals surface area contributed by atoms with Gasteiger partial charge in [0.1, 0.15) is 23.7 Å². The fourth-order valence-electron chi connectivity index (χ4n) is 2.47. The van der Waals surface area contributed by atoms with Gasteiger partial charge in [0, 0.05) is 12.6 Å². The molecule has 0 fully saturated rings. The highest BCUT2D eigenvalue weighted by atomic mass is 19.1. The van der Waals surface area contributed by atoms with Gasteiger partial charge in [-0.25, -0.2) is 14.4 Å². The molecule has 1 aromatic heterocycles. The van der Waals surface area contributed by atoms with Crippen molar-refractivity contribution in [1.29, 1.82) is 0 Å². The van der Waals surface area contributed by atoms with Gasteiger partial charge in [-0.3, -0.25) is 4.79 Å². The van der Waals surface area contributed by atoms with E-state index in [2.05, 4.69) is 20.6 Å². The molecule has 2 N–H and O–H groups in total. The van der Waals surface area contributed by atoms with E-state index in [1.54, 1.807) is 18.2 Å². The predicted molar refractivity (Wildman–Crippen MR) is 98.1 cm³/mol. The zero-order valence-electron chi connectivity index (χ0n) is 14.3. The van der Waals surface area contributed by atoms with Crippen LogP contribution in [0.5, 0.6) is 0 Å². The van der Waals surface area contributed by atoms with E-state index in [1.807, 2.05) is 37.3 Å². The molecule has 1 heterocycles. The summed E-state index contributed by atoms with van der Waals surface area (Å²) in [5.41, 5.74) is 2.21. The van der Waals surface area contributed by atoms with Crippen LogP contribution in [0.15, 0.2) is 67.0 Å². The number of nitrogens with one attached hydrogen (secondary N) is 2. The van der Waals surface area contributed by atoms with Gasteiger partial charge in [0.2, 0.25) is 0 Å². The van der Waals surface area contributed by atoms with Gasteiger partial charge in [0.05, 0.1) is 6.04 Å². The Morgan fingerprint density at radius 2 is 1.81 bits per heavy atom. The van der Waals surface area contributed by atoms with Crippen molar-refractivity contribution in [3.05, 3.63) is 89.6 Å². The smallest absolute Gasteiger partial charge is 0.270 e. The number of hydrogen-bond donors (Lipinski definition) is 2. The third kappa shape index (κ3) is 4.63.